The number of anilines is 1. The first-order valence-corrected chi connectivity index (χ1v) is 10.5. The highest BCUT2D eigenvalue weighted by molar-refractivity contribution is 5.89. The quantitative estimate of drug-likeness (QED) is 0.335. The van der Waals surface area contributed by atoms with Gasteiger partial charge in [-0.1, -0.05) is 60.4 Å². The Hall–Kier alpha value is -4.24. The van der Waals surface area contributed by atoms with Crippen LogP contribution in [0.1, 0.15) is 29.0 Å². The molecule has 0 fully saturated rings. The second-order valence-electron chi connectivity index (χ2n) is 7.67. The van der Waals surface area contributed by atoms with E-state index < -0.39 is 6.09 Å². The van der Waals surface area contributed by atoms with Crippen LogP contribution in [-0.4, -0.2) is 29.4 Å². The van der Waals surface area contributed by atoms with Crippen LogP contribution in [0.3, 0.4) is 0 Å². The number of alkyl carbamates (subject to hydrolysis) is 1. The second kappa shape index (κ2) is 8.48. The van der Waals surface area contributed by atoms with Gasteiger partial charge < -0.3 is 15.8 Å². The van der Waals surface area contributed by atoms with Gasteiger partial charge in [-0.05, 0) is 40.5 Å². The summed E-state index contributed by atoms with van der Waals surface area (Å²) in [7, 11) is 0. The number of nitrogen functional groups attached to an aromatic ring is 1. The lowest BCUT2D eigenvalue weighted by Crippen LogP contribution is -2.26. The van der Waals surface area contributed by atoms with Gasteiger partial charge in [0.2, 0.25) is 0 Å². The average molecular weight is 422 g/mol. The van der Waals surface area contributed by atoms with Gasteiger partial charge in [-0.2, -0.15) is 5.10 Å². The van der Waals surface area contributed by atoms with E-state index in [-0.39, 0.29) is 5.92 Å². The Bertz CT molecular complexity index is 1320. The molecule has 0 spiro atoms. The molecular weight excluding hydrogens is 400 g/mol. The van der Waals surface area contributed by atoms with Crippen molar-refractivity contribution in [1.82, 2.24) is 15.5 Å². The Balaban J connectivity index is 1.13. The Kier molecular flexibility index (Phi) is 5.22. The fourth-order valence-electron chi connectivity index (χ4n) is 4.16. The van der Waals surface area contributed by atoms with Crippen molar-refractivity contribution in [2.75, 3.05) is 18.9 Å². The molecule has 0 bridgehead atoms. The van der Waals surface area contributed by atoms with Crippen LogP contribution in [0.4, 0.5) is 10.6 Å². The topological polar surface area (TPSA) is 93.0 Å². The summed E-state index contributed by atoms with van der Waals surface area (Å²) in [5.74, 6) is 6.69. The van der Waals surface area contributed by atoms with Gasteiger partial charge in [-0.15, -0.1) is 0 Å². The fourth-order valence-corrected chi connectivity index (χ4v) is 4.16. The van der Waals surface area contributed by atoms with Crippen molar-refractivity contribution in [2.24, 2.45) is 0 Å². The normalized spacial score (nSPS) is 12.0. The lowest BCUT2D eigenvalue weighted by atomic mass is 9.98. The molecule has 1 amide bonds. The molecule has 0 radical (unpaired) electrons. The number of amides is 1. The number of carbonyl (C=O) groups is 1. The Labute approximate surface area is 185 Å². The lowest BCUT2D eigenvalue weighted by Gasteiger charge is -2.14. The molecular formula is C26H22N4O2. The minimum absolute atomic E-state index is 0.0550. The number of aromatic amines is 1. The monoisotopic (exact) mass is 422 g/mol. The summed E-state index contributed by atoms with van der Waals surface area (Å²) in [6.07, 6.45) is 0.0934. The number of nitrogens with two attached hydrogens (primary N) is 1. The summed E-state index contributed by atoms with van der Waals surface area (Å²) in [5, 5.41) is 10.5. The highest BCUT2D eigenvalue weighted by Gasteiger charge is 2.28. The van der Waals surface area contributed by atoms with Crippen LogP contribution >= 0.6 is 0 Å². The van der Waals surface area contributed by atoms with Gasteiger partial charge in [0, 0.05) is 29.8 Å². The van der Waals surface area contributed by atoms with Crippen LogP contribution < -0.4 is 11.1 Å². The summed E-state index contributed by atoms with van der Waals surface area (Å²) in [6, 6.07) is 22.3. The number of rotatable bonds is 4. The molecule has 1 aliphatic carbocycles. The molecule has 1 aliphatic rings. The van der Waals surface area contributed by atoms with Crippen molar-refractivity contribution in [1.29, 1.82) is 0 Å². The molecule has 5 rings (SSSR count). The maximum atomic E-state index is 12.2. The largest absolute Gasteiger partial charge is 0.449 e. The Morgan fingerprint density at radius 2 is 1.78 bits per heavy atom. The molecule has 0 unspecified atom stereocenters. The molecule has 0 atom stereocenters. The summed E-state index contributed by atoms with van der Waals surface area (Å²) in [5.41, 5.74) is 12.3. The van der Waals surface area contributed by atoms with E-state index in [2.05, 4.69) is 51.6 Å². The number of hydrogen-bond acceptors (Lipinski definition) is 4. The van der Waals surface area contributed by atoms with Crippen LogP contribution in [0.25, 0.3) is 22.0 Å². The standard InChI is InChI=1S/C26H22N4O2/c27-25-22-13-12-17(15-24(22)29-30-25)7-5-6-14-28-26(31)32-16-23-20-10-3-1-8-18(20)19-9-2-4-11-21(19)23/h1-4,8-13,15,23H,6,14,16H2,(H,28,31)(H3,27,29,30). The van der Waals surface area contributed by atoms with Gasteiger partial charge in [0.15, 0.2) is 5.82 Å². The van der Waals surface area contributed by atoms with Crippen molar-refractivity contribution in [3.8, 4) is 23.0 Å². The van der Waals surface area contributed by atoms with Crippen LogP contribution in [-0.2, 0) is 4.74 Å². The maximum Gasteiger partial charge on any atom is 0.407 e. The van der Waals surface area contributed by atoms with Crippen molar-refractivity contribution < 1.29 is 9.53 Å². The van der Waals surface area contributed by atoms with E-state index in [4.69, 9.17) is 10.5 Å². The molecule has 6 heteroatoms. The Morgan fingerprint density at radius 1 is 1.06 bits per heavy atom. The third-order valence-corrected chi connectivity index (χ3v) is 5.69. The van der Waals surface area contributed by atoms with Crippen LogP contribution in [0.5, 0.6) is 0 Å². The first kappa shape index (κ1) is 19.7. The number of nitrogens with zero attached hydrogens (tertiary/aromatic N) is 1. The highest BCUT2D eigenvalue weighted by atomic mass is 16.5. The van der Waals surface area contributed by atoms with E-state index in [1.54, 1.807) is 0 Å². The minimum atomic E-state index is -0.428. The van der Waals surface area contributed by atoms with E-state index in [0.29, 0.717) is 25.4 Å². The third kappa shape index (κ3) is 3.77. The van der Waals surface area contributed by atoms with Crippen molar-refractivity contribution in [3.05, 3.63) is 83.4 Å². The van der Waals surface area contributed by atoms with Gasteiger partial charge in [-0.3, -0.25) is 5.10 Å². The number of nitrogens with one attached hydrogen (secondary N) is 2. The summed E-state index contributed by atoms with van der Waals surface area (Å²) in [6.45, 7) is 0.724. The zero-order valence-corrected chi connectivity index (χ0v) is 17.4. The second-order valence-corrected chi connectivity index (χ2v) is 7.67. The maximum absolute atomic E-state index is 12.2. The number of carbonyl (C=O) groups excluding carboxylic acids is 1. The summed E-state index contributed by atoms with van der Waals surface area (Å²) in [4.78, 5) is 12.2. The molecule has 1 heterocycles. The smallest absolute Gasteiger partial charge is 0.407 e. The molecule has 0 saturated carbocycles. The molecule has 158 valence electrons. The zero-order chi connectivity index (χ0) is 21.9. The molecule has 0 aliphatic heterocycles. The number of ether oxygens (including phenoxy) is 1. The number of benzene rings is 3. The molecule has 32 heavy (non-hydrogen) atoms. The van der Waals surface area contributed by atoms with Gasteiger partial charge in [0.25, 0.3) is 0 Å². The van der Waals surface area contributed by atoms with Gasteiger partial charge >= 0.3 is 6.09 Å². The van der Waals surface area contributed by atoms with Crippen molar-refractivity contribution >= 4 is 22.8 Å². The molecule has 6 nitrogen and oxygen atoms in total. The van der Waals surface area contributed by atoms with E-state index in [1.165, 1.54) is 22.3 Å². The number of H-pyrrole nitrogens is 1. The third-order valence-electron chi connectivity index (χ3n) is 5.69. The zero-order valence-electron chi connectivity index (χ0n) is 17.4. The lowest BCUT2D eigenvalue weighted by molar-refractivity contribution is 0.143. The van der Waals surface area contributed by atoms with Crippen molar-refractivity contribution in [3.63, 3.8) is 0 Å². The number of hydrogen-bond donors (Lipinski definition) is 3. The summed E-state index contributed by atoms with van der Waals surface area (Å²) >= 11 is 0. The molecule has 0 saturated heterocycles. The molecule has 4 N–H and O–H groups in total. The highest BCUT2D eigenvalue weighted by Crippen LogP contribution is 2.44. The minimum Gasteiger partial charge on any atom is -0.449 e. The van der Waals surface area contributed by atoms with Crippen molar-refractivity contribution in [2.45, 2.75) is 12.3 Å². The van der Waals surface area contributed by atoms with E-state index in [9.17, 15) is 4.79 Å². The Morgan fingerprint density at radius 3 is 2.53 bits per heavy atom. The van der Waals surface area contributed by atoms with E-state index in [1.807, 2.05) is 42.5 Å². The number of fused-ring (bicyclic) bond motifs is 4. The van der Waals surface area contributed by atoms with E-state index >= 15 is 0 Å². The summed E-state index contributed by atoms with van der Waals surface area (Å²) < 4.78 is 5.53. The average Bonchev–Trinajstić information content (AvgIpc) is 3.35. The predicted octanol–water partition coefficient (Wildman–Crippen LogP) is 4.43. The molecule has 3 aromatic carbocycles. The van der Waals surface area contributed by atoms with Crippen LogP contribution in [0, 0.1) is 11.8 Å². The molecule has 4 aromatic rings. The van der Waals surface area contributed by atoms with Gasteiger partial charge in [-0.25, -0.2) is 4.79 Å². The number of aromatic nitrogens is 2. The predicted molar refractivity (Wildman–Crippen MR) is 125 cm³/mol. The van der Waals surface area contributed by atoms with Crippen LogP contribution in [0.15, 0.2) is 66.7 Å². The van der Waals surface area contributed by atoms with Gasteiger partial charge in [0.1, 0.15) is 6.61 Å². The van der Waals surface area contributed by atoms with Crippen LogP contribution in [0.2, 0.25) is 0 Å². The fraction of sp³-hybridized carbons (Fsp3) is 0.154. The first-order chi connectivity index (χ1) is 15.7. The van der Waals surface area contributed by atoms with E-state index in [0.717, 1.165) is 16.5 Å². The first-order valence-electron chi connectivity index (χ1n) is 10.5. The SMILES string of the molecule is Nc1n[nH]c2cc(C#CCCNC(=O)OCC3c4ccccc4-c4ccccc43)ccc12. The molecule has 1 aromatic heterocycles. The van der Waals surface area contributed by atoms with Gasteiger partial charge in [0.05, 0.1) is 5.52 Å².